The molecule has 0 saturated heterocycles. The molecule has 0 spiro atoms. The zero-order chi connectivity index (χ0) is 15.4. The largest absolute Gasteiger partial charge is 0.470 e. The first-order valence-electron chi connectivity index (χ1n) is 7.40. The van der Waals surface area contributed by atoms with Crippen molar-refractivity contribution in [1.29, 1.82) is 0 Å². The predicted octanol–water partition coefficient (Wildman–Crippen LogP) is 3.61. The van der Waals surface area contributed by atoms with Crippen molar-refractivity contribution in [3.63, 3.8) is 0 Å². The van der Waals surface area contributed by atoms with E-state index in [0.717, 1.165) is 27.5 Å². The minimum Gasteiger partial charge on any atom is -0.470 e. The van der Waals surface area contributed by atoms with Gasteiger partial charge in [0.25, 0.3) is 0 Å². The number of likely N-dealkylation sites (N-methyl/N-ethyl adjacent to an activating group) is 1. The molecule has 1 atom stereocenters. The number of ketones is 1. The zero-order valence-electron chi connectivity index (χ0n) is 12.9. The van der Waals surface area contributed by atoms with Crippen molar-refractivity contribution in [2.24, 2.45) is 0 Å². The average molecular weight is 291 g/mol. The fourth-order valence-corrected chi connectivity index (χ4v) is 3.39. The van der Waals surface area contributed by atoms with Crippen LogP contribution < -0.4 is 0 Å². The summed E-state index contributed by atoms with van der Waals surface area (Å²) < 4.78 is 6.20. The summed E-state index contributed by atoms with van der Waals surface area (Å²) in [7, 11) is 3.96. The van der Waals surface area contributed by atoms with Gasteiger partial charge in [0.1, 0.15) is 5.76 Å². The van der Waals surface area contributed by atoms with Crippen LogP contribution in [0.15, 0.2) is 53.6 Å². The van der Waals surface area contributed by atoms with Gasteiger partial charge in [0.2, 0.25) is 0 Å². The highest BCUT2D eigenvalue weighted by Crippen LogP contribution is 2.41. The molecule has 110 valence electrons. The molecule has 1 aliphatic carbocycles. The van der Waals surface area contributed by atoms with Crippen molar-refractivity contribution < 1.29 is 9.53 Å². The van der Waals surface area contributed by atoms with Crippen LogP contribution in [-0.2, 0) is 4.74 Å². The fraction of sp³-hybridized carbons (Fsp3) is 0.211. The number of hydrogen-bond acceptors (Lipinski definition) is 3. The molecule has 3 heteroatoms. The number of hydrogen-bond donors (Lipinski definition) is 0. The molecule has 0 saturated carbocycles. The van der Waals surface area contributed by atoms with Gasteiger partial charge in [-0.2, -0.15) is 0 Å². The number of allylic oxidation sites excluding steroid dienone is 2. The molecule has 0 radical (unpaired) electrons. The lowest BCUT2D eigenvalue weighted by molar-refractivity contribution is 0.0656. The van der Waals surface area contributed by atoms with E-state index in [0.29, 0.717) is 11.3 Å². The summed E-state index contributed by atoms with van der Waals surface area (Å²) in [5.41, 5.74) is 3.49. The highest BCUT2D eigenvalue weighted by Gasteiger charge is 2.33. The van der Waals surface area contributed by atoms with Crippen LogP contribution in [0.5, 0.6) is 0 Å². The second kappa shape index (κ2) is 4.55. The van der Waals surface area contributed by atoms with Crippen LogP contribution in [-0.4, -0.2) is 31.0 Å². The Morgan fingerprint density at radius 1 is 1.05 bits per heavy atom. The maximum Gasteiger partial charge on any atom is 0.197 e. The Kier molecular flexibility index (Phi) is 2.75. The van der Waals surface area contributed by atoms with Crippen molar-refractivity contribution >= 4 is 22.3 Å². The molecule has 3 nitrogen and oxygen atoms in total. The van der Waals surface area contributed by atoms with E-state index in [9.17, 15) is 4.79 Å². The van der Waals surface area contributed by atoms with Crippen molar-refractivity contribution in [3.8, 4) is 0 Å². The molecule has 0 bridgehead atoms. The summed E-state index contributed by atoms with van der Waals surface area (Å²) in [6.07, 6.45) is 1.84. The van der Waals surface area contributed by atoms with Crippen LogP contribution in [0.2, 0.25) is 0 Å². The lowest BCUT2D eigenvalue weighted by atomic mass is 9.85. The molecule has 0 aromatic heterocycles. The first-order chi connectivity index (χ1) is 10.6. The maximum absolute atomic E-state index is 12.9. The Balaban J connectivity index is 2.02. The van der Waals surface area contributed by atoms with Crippen molar-refractivity contribution in [1.82, 2.24) is 4.90 Å². The van der Waals surface area contributed by atoms with Crippen molar-refractivity contribution in [2.75, 3.05) is 14.1 Å². The Morgan fingerprint density at radius 2 is 1.73 bits per heavy atom. The second-order valence-corrected chi connectivity index (χ2v) is 6.10. The summed E-state index contributed by atoms with van der Waals surface area (Å²) >= 11 is 0. The Labute approximate surface area is 129 Å². The number of benzene rings is 2. The Morgan fingerprint density at radius 3 is 2.41 bits per heavy atom. The first-order valence-corrected chi connectivity index (χ1v) is 7.40. The van der Waals surface area contributed by atoms with E-state index >= 15 is 0 Å². The van der Waals surface area contributed by atoms with Gasteiger partial charge in [0.15, 0.2) is 12.0 Å². The normalized spacial score (nSPS) is 20.1. The number of Topliss-reactive ketones (excluding diaryl/α,β-unsaturated/α-hetero) is 1. The molecule has 2 aromatic rings. The van der Waals surface area contributed by atoms with Gasteiger partial charge < -0.3 is 4.74 Å². The lowest BCUT2D eigenvalue weighted by Crippen LogP contribution is -2.34. The van der Waals surface area contributed by atoms with Gasteiger partial charge in [-0.15, -0.1) is 0 Å². The number of nitrogens with zero attached hydrogens (tertiary/aromatic N) is 1. The molecule has 2 aliphatic rings. The van der Waals surface area contributed by atoms with E-state index in [-0.39, 0.29) is 12.0 Å². The third-order valence-corrected chi connectivity index (χ3v) is 4.34. The SMILES string of the molecule is CC1=CC2=C(O[C@H]1N(C)C)c1cccc3cccc(c13)C2=O. The van der Waals surface area contributed by atoms with E-state index in [4.69, 9.17) is 4.74 Å². The maximum atomic E-state index is 12.9. The van der Waals surface area contributed by atoms with Gasteiger partial charge in [0.05, 0.1) is 5.57 Å². The molecule has 0 unspecified atom stereocenters. The molecule has 0 N–H and O–H groups in total. The third kappa shape index (κ3) is 1.69. The molecule has 0 amide bonds. The Bertz CT molecular complexity index is 869. The lowest BCUT2D eigenvalue weighted by Gasteiger charge is -2.33. The van der Waals surface area contributed by atoms with E-state index in [1.807, 2.05) is 68.4 Å². The standard InChI is InChI=1S/C19H17NO2/c1-11-10-15-17(21)13-8-4-6-12-7-5-9-14(16(12)13)18(15)22-19(11)20(2)3/h4-10,19H,1-3H3/t19-/m1/s1. The molecule has 22 heavy (non-hydrogen) atoms. The fourth-order valence-electron chi connectivity index (χ4n) is 3.39. The predicted molar refractivity (Wildman–Crippen MR) is 87.5 cm³/mol. The molecule has 1 aliphatic heterocycles. The molecule has 0 fully saturated rings. The molecule has 1 heterocycles. The van der Waals surface area contributed by atoms with Crippen molar-refractivity contribution in [3.05, 3.63) is 64.7 Å². The topological polar surface area (TPSA) is 29.5 Å². The van der Waals surface area contributed by atoms with Crippen LogP contribution in [0.3, 0.4) is 0 Å². The summed E-state index contributed by atoms with van der Waals surface area (Å²) in [5, 5.41) is 2.07. The number of ether oxygens (including phenoxy) is 1. The molecule has 4 rings (SSSR count). The van der Waals surface area contributed by atoms with Gasteiger partial charge in [0, 0.05) is 16.5 Å². The van der Waals surface area contributed by atoms with E-state index in [2.05, 4.69) is 0 Å². The summed E-state index contributed by atoms with van der Waals surface area (Å²) in [6.45, 7) is 2.00. The number of rotatable bonds is 1. The zero-order valence-corrected chi connectivity index (χ0v) is 12.9. The number of carbonyl (C=O) groups is 1. The van der Waals surface area contributed by atoms with Gasteiger partial charge in [-0.1, -0.05) is 36.4 Å². The third-order valence-electron chi connectivity index (χ3n) is 4.34. The van der Waals surface area contributed by atoms with Crippen LogP contribution in [0.4, 0.5) is 0 Å². The van der Waals surface area contributed by atoms with Crippen LogP contribution in [0, 0.1) is 0 Å². The van der Waals surface area contributed by atoms with Crippen molar-refractivity contribution in [2.45, 2.75) is 13.2 Å². The van der Waals surface area contributed by atoms with Gasteiger partial charge >= 0.3 is 0 Å². The smallest absolute Gasteiger partial charge is 0.197 e. The second-order valence-electron chi connectivity index (χ2n) is 6.10. The van der Waals surface area contributed by atoms with Gasteiger partial charge in [-0.25, -0.2) is 0 Å². The van der Waals surface area contributed by atoms with Gasteiger partial charge in [-0.05, 0) is 38.1 Å². The highest BCUT2D eigenvalue weighted by atomic mass is 16.5. The van der Waals surface area contributed by atoms with E-state index < -0.39 is 0 Å². The molecular weight excluding hydrogens is 274 g/mol. The quantitative estimate of drug-likeness (QED) is 0.804. The van der Waals surface area contributed by atoms with Crippen LogP contribution in [0.25, 0.3) is 16.5 Å². The molecule has 2 aromatic carbocycles. The summed E-state index contributed by atoms with van der Waals surface area (Å²) in [4.78, 5) is 14.9. The van der Waals surface area contributed by atoms with Crippen LogP contribution >= 0.6 is 0 Å². The minimum absolute atomic E-state index is 0.0517. The first kappa shape index (κ1) is 13.3. The van der Waals surface area contributed by atoms with E-state index in [1.54, 1.807) is 0 Å². The number of carbonyl (C=O) groups excluding carboxylic acids is 1. The summed E-state index contributed by atoms with van der Waals surface area (Å²) in [6, 6.07) is 12.0. The molecular formula is C19H17NO2. The van der Waals surface area contributed by atoms with Crippen LogP contribution in [0.1, 0.15) is 22.8 Å². The Hall–Kier alpha value is -2.39. The van der Waals surface area contributed by atoms with Gasteiger partial charge in [-0.3, -0.25) is 9.69 Å². The monoisotopic (exact) mass is 291 g/mol. The average Bonchev–Trinajstić information content (AvgIpc) is 2.51. The summed E-state index contributed by atoms with van der Waals surface area (Å²) in [5.74, 6) is 0.759. The van der Waals surface area contributed by atoms with E-state index in [1.165, 1.54) is 0 Å². The number of fused-ring (bicyclic) bond motifs is 1. The minimum atomic E-state index is -0.132. The highest BCUT2D eigenvalue weighted by molar-refractivity contribution is 6.25.